The second-order valence-electron chi connectivity index (χ2n) is 5.93. The fourth-order valence-electron chi connectivity index (χ4n) is 2.94. The number of aromatic nitrogens is 2. The first kappa shape index (κ1) is 15.3. The maximum atomic E-state index is 12.6. The van der Waals surface area contributed by atoms with Crippen molar-refractivity contribution in [2.75, 3.05) is 13.1 Å². The second-order valence-corrected chi connectivity index (χ2v) is 5.93. The van der Waals surface area contributed by atoms with Crippen molar-refractivity contribution < 1.29 is 9.59 Å². The predicted molar refractivity (Wildman–Crippen MR) is 86.1 cm³/mol. The van der Waals surface area contributed by atoms with Crippen molar-refractivity contribution in [1.82, 2.24) is 14.7 Å². The van der Waals surface area contributed by atoms with Gasteiger partial charge in [0.2, 0.25) is 5.91 Å². The van der Waals surface area contributed by atoms with Gasteiger partial charge in [0.15, 0.2) is 0 Å². The van der Waals surface area contributed by atoms with E-state index in [4.69, 9.17) is 5.73 Å². The van der Waals surface area contributed by atoms with Crippen LogP contribution in [0.3, 0.4) is 0 Å². The number of aryl methyl sites for hydroxylation is 1. The summed E-state index contributed by atoms with van der Waals surface area (Å²) in [5.41, 5.74) is 7.94. The summed E-state index contributed by atoms with van der Waals surface area (Å²) in [7, 11) is 0. The van der Waals surface area contributed by atoms with Crippen molar-refractivity contribution in [3.05, 3.63) is 47.8 Å². The molecule has 1 aromatic carbocycles. The second kappa shape index (κ2) is 6.24. The number of likely N-dealkylation sites (tertiary alicyclic amines) is 1. The number of amides is 2. The Morgan fingerprint density at radius 2 is 1.91 bits per heavy atom. The van der Waals surface area contributed by atoms with Gasteiger partial charge in [-0.05, 0) is 31.4 Å². The molecule has 2 amide bonds. The van der Waals surface area contributed by atoms with Crippen LogP contribution in [0.1, 0.15) is 28.8 Å². The third kappa shape index (κ3) is 3.11. The highest BCUT2D eigenvalue weighted by Gasteiger charge is 2.27. The fourth-order valence-corrected chi connectivity index (χ4v) is 2.94. The molecule has 1 aliphatic heterocycles. The molecule has 0 bridgehead atoms. The molecule has 120 valence electrons. The number of rotatable bonds is 3. The van der Waals surface area contributed by atoms with Crippen molar-refractivity contribution in [1.29, 1.82) is 0 Å². The quantitative estimate of drug-likeness (QED) is 0.933. The van der Waals surface area contributed by atoms with Gasteiger partial charge in [-0.2, -0.15) is 5.10 Å². The normalized spacial score (nSPS) is 15.6. The Bertz CT molecular complexity index is 730. The minimum absolute atomic E-state index is 0.0484. The third-order valence-corrected chi connectivity index (χ3v) is 4.38. The molecule has 2 heterocycles. The van der Waals surface area contributed by atoms with Crippen LogP contribution in [0.4, 0.5) is 0 Å². The van der Waals surface area contributed by atoms with E-state index >= 15 is 0 Å². The van der Waals surface area contributed by atoms with Gasteiger partial charge in [-0.25, -0.2) is 4.68 Å². The van der Waals surface area contributed by atoms with Crippen LogP contribution in [0.15, 0.2) is 36.7 Å². The third-order valence-electron chi connectivity index (χ3n) is 4.38. The maximum Gasteiger partial charge on any atom is 0.257 e. The highest BCUT2D eigenvalue weighted by atomic mass is 16.2. The minimum Gasteiger partial charge on any atom is -0.369 e. The molecule has 1 fully saturated rings. The number of piperidine rings is 1. The van der Waals surface area contributed by atoms with Crippen molar-refractivity contribution in [3.8, 4) is 5.69 Å². The number of hydrogen-bond acceptors (Lipinski definition) is 3. The number of carbonyl (C=O) groups is 2. The van der Waals surface area contributed by atoms with Crippen molar-refractivity contribution in [2.45, 2.75) is 19.8 Å². The first-order valence-electron chi connectivity index (χ1n) is 7.75. The zero-order chi connectivity index (χ0) is 16.4. The first-order valence-corrected chi connectivity index (χ1v) is 7.75. The smallest absolute Gasteiger partial charge is 0.257 e. The molecule has 0 atom stereocenters. The Balaban J connectivity index is 1.72. The van der Waals surface area contributed by atoms with Crippen molar-refractivity contribution in [2.24, 2.45) is 11.7 Å². The molecule has 0 spiro atoms. The van der Waals surface area contributed by atoms with E-state index in [1.165, 1.54) is 0 Å². The summed E-state index contributed by atoms with van der Waals surface area (Å²) >= 11 is 0. The van der Waals surface area contributed by atoms with E-state index in [9.17, 15) is 9.59 Å². The lowest BCUT2D eigenvalue weighted by Gasteiger charge is -2.30. The Kier molecular flexibility index (Phi) is 4.14. The molecule has 1 aliphatic rings. The molecule has 0 aliphatic carbocycles. The lowest BCUT2D eigenvalue weighted by Crippen LogP contribution is -2.41. The average molecular weight is 312 g/mol. The summed E-state index contributed by atoms with van der Waals surface area (Å²) in [6, 6.07) is 7.89. The lowest BCUT2D eigenvalue weighted by atomic mass is 9.96. The highest BCUT2D eigenvalue weighted by molar-refractivity contribution is 5.94. The zero-order valence-corrected chi connectivity index (χ0v) is 13.1. The van der Waals surface area contributed by atoms with E-state index in [0.29, 0.717) is 31.5 Å². The number of para-hydroxylation sites is 1. The van der Waals surface area contributed by atoms with Crippen LogP contribution in [0, 0.1) is 12.8 Å². The van der Waals surface area contributed by atoms with E-state index in [1.807, 2.05) is 31.2 Å². The van der Waals surface area contributed by atoms with Crippen LogP contribution >= 0.6 is 0 Å². The van der Waals surface area contributed by atoms with E-state index in [1.54, 1.807) is 22.0 Å². The van der Waals surface area contributed by atoms with Crippen molar-refractivity contribution in [3.63, 3.8) is 0 Å². The number of nitrogens with zero attached hydrogens (tertiary/aromatic N) is 3. The Labute approximate surface area is 134 Å². The molecule has 1 aromatic heterocycles. The van der Waals surface area contributed by atoms with Crippen LogP contribution in [-0.2, 0) is 4.79 Å². The van der Waals surface area contributed by atoms with Crippen LogP contribution in [0.25, 0.3) is 5.69 Å². The topological polar surface area (TPSA) is 81.2 Å². The number of nitrogens with two attached hydrogens (primary N) is 1. The molecule has 1 saturated heterocycles. The van der Waals surface area contributed by atoms with Gasteiger partial charge in [0, 0.05) is 25.2 Å². The summed E-state index contributed by atoms with van der Waals surface area (Å²) < 4.78 is 1.72. The molecule has 0 unspecified atom stereocenters. The largest absolute Gasteiger partial charge is 0.369 e. The molecule has 2 N–H and O–H groups in total. The first-order chi connectivity index (χ1) is 11.1. The summed E-state index contributed by atoms with van der Waals surface area (Å²) in [5, 5.41) is 4.30. The molecule has 23 heavy (non-hydrogen) atoms. The molecule has 2 aromatic rings. The SMILES string of the molecule is Cc1ccccc1-n1cc(C(=O)N2CCC(C(N)=O)CC2)cn1. The van der Waals surface area contributed by atoms with Crippen molar-refractivity contribution >= 4 is 11.8 Å². The lowest BCUT2D eigenvalue weighted by molar-refractivity contribution is -0.123. The molecule has 6 heteroatoms. The molecule has 0 saturated carbocycles. The van der Waals surface area contributed by atoms with Gasteiger partial charge in [-0.1, -0.05) is 18.2 Å². The Morgan fingerprint density at radius 3 is 2.57 bits per heavy atom. The summed E-state index contributed by atoms with van der Waals surface area (Å²) in [6.45, 7) is 3.12. The van der Waals surface area contributed by atoms with Gasteiger partial charge in [0.25, 0.3) is 5.91 Å². The van der Waals surface area contributed by atoms with Crippen LogP contribution in [-0.4, -0.2) is 39.6 Å². The van der Waals surface area contributed by atoms with Gasteiger partial charge < -0.3 is 10.6 Å². The number of primary amides is 1. The summed E-state index contributed by atoms with van der Waals surface area (Å²) in [4.78, 5) is 25.5. The standard InChI is InChI=1S/C17H20N4O2/c1-12-4-2-3-5-15(12)21-11-14(10-19-21)17(23)20-8-6-13(7-9-20)16(18)22/h2-5,10-11,13H,6-9H2,1H3,(H2,18,22). The summed E-state index contributed by atoms with van der Waals surface area (Å²) in [5.74, 6) is -0.439. The predicted octanol–water partition coefficient (Wildman–Crippen LogP) is 1.52. The van der Waals surface area contributed by atoms with E-state index in [0.717, 1.165) is 11.3 Å². The summed E-state index contributed by atoms with van der Waals surface area (Å²) in [6.07, 6.45) is 4.61. The van der Waals surface area contributed by atoms with Gasteiger partial charge in [0.05, 0.1) is 17.4 Å². The van der Waals surface area contributed by atoms with Crippen LogP contribution in [0.5, 0.6) is 0 Å². The molecule has 0 radical (unpaired) electrons. The van der Waals surface area contributed by atoms with E-state index < -0.39 is 0 Å². The van der Waals surface area contributed by atoms with E-state index in [2.05, 4.69) is 5.10 Å². The maximum absolute atomic E-state index is 12.6. The Hall–Kier alpha value is -2.63. The molecular weight excluding hydrogens is 292 g/mol. The average Bonchev–Trinajstić information content (AvgIpc) is 3.04. The number of carbonyl (C=O) groups excluding carboxylic acids is 2. The molecular formula is C17H20N4O2. The van der Waals surface area contributed by atoms with E-state index in [-0.39, 0.29) is 17.7 Å². The minimum atomic E-state index is -0.274. The van der Waals surface area contributed by atoms with Crippen LogP contribution in [0.2, 0.25) is 0 Å². The number of hydrogen-bond donors (Lipinski definition) is 1. The highest BCUT2D eigenvalue weighted by Crippen LogP contribution is 2.19. The fraction of sp³-hybridized carbons (Fsp3) is 0.353. The monoisotopic (exact) mass is 312 g/mol. The van der Waals surface area contributed by atoms with Gasteiger partial charge >= 0.3 is 0 Å². The van der Waals surface area contributed by atoms with Gasteiger partial charge in [0.1, 0.15) is 0 Å². The van der Waals surface area contributed by atoms with Gasteiger partial charge in [-0.15, -0.1) is 0 Å². The molecule has 3 rings (SSSR count). The number of benzene rings is 1. The van der Waals surface area contributed by atoms with Crippen LogP contribution < -0.4 is 5.73 Å². The Morgan fingerprint density at radius 1 is 1.22 bits per heavy atom. The zero-order valence-electron chi connectivity index (χ0n) is 13.1. The molecule has 6 nitrogen and oxygen atoms in total. The van der Waals surface area contributed by atoms with Gasteiger partial charge in [-0.3, -0.25) is 9.59 Å².